The summed E-state index contributed by atoms with van der Waals surface area (Å²) < 4.78 is 11.5. The fraction of sp³-hybridized carbons (Fsp3) is 0.667. The summed E-state index contributed by atoms with van der Waals surface area (Å²) in [5, 5.41) is 2.94. The second-order valence-electron chi connectivity index (χ2n) is 7.52. The van der Waals surface area contributed by atoms with Crippen molar-refractivity contribution < 1.29 is 14.3 Å². The number of nitrogens with one attached hydrogen (secondary N) is 1. The third-order valence-corrected chi connectivity index (χ3v) is 4.06. The first-order valence-electron chi connectivity index (χ1n) is 8.50. The van der Waals surface area contributed by atoms with Crippen molar-refractivity contribution >= 4 is 5.91 Å². The zero-order chi connectivity index (χ0) is 16.4. The predicted molar refractivity (Wildman–Crippen MR) is 87.9 cm³/mol. The average molecular weight is 318 g/mol. The molecule has 1 aromatic rings. The van der Waals surface area contributed by atoms with Crippen LogP contribution >= 0.6 is 0 Å². The van der Waals surface area contributed by atoms with E-state index < -0.39 is 0 Å². The molecule has 1 saturated heterocycles. The van der Waals surface area contributed by atoms with E-state index in [1.54, 1.807) is 6.07 Å². The van der Waals surface area contributed by atoms with Crippen molar-refractivity contribution in [2.24, 2.45) is 0 Å². The number of rotatable bonds is 5. The molecule has 3 rings (SSSR count). The molecule has 1 aliphatic carbocycles. The highest BCUT2D eigenvalue weighted by Crippen LogP contribution is 2.43. The first kappa shape index (κ1) is 16.2. The number of pyridine rings is 1. The monoisotopic (exact) mass is 318 g/mol. The molecule has 1 saturated carbocycles. The number of nitrogens with zero attached hydrogens (tertiary/aromatic N) is 1. The van der Waals surface area contributed by atoms with Gasteiger partial charge >= 0.3 is 0 Å². The number of hydrogen-bond donors (Lipinski definition) is 1. The summed E-state index contributed by atoms with van der Waals surface area (Å²) in [5.74, 6) is 0.966. The van der Waals surface area contributed by atoms with E-state index in [0.717, 1.165) is 25.0 Å². The van der Waals surface area contributed by atoms with Gasteiger partial charge in [0.05, 0.1) is 6.10 Å². The van der Waals surface area contributed by atoms with E-state index in [1.807, 2.05) is 26.8 Å². The van der Waals surface area contributed by atoms with Crippen LogP contribution in [-0.4, -0.2) is 35.7 Å². The minimum atomic E-state index is -0.285. The highest BCUT2D eigenvalue weighted by Gasteiger charge is 2.29. The molecule has 1 N–H and O–H groups in total. The maximum atomic E-state index is 12.3. The summed E-state index contributed by atoms with van der Waals surface area (Å²) in [6.07, 6.45) is 4.61. The number of carbonyl (C=O) groups excluding carboxylic acids is 1. The quantitative estimate of drug-likeness (QED) is 0.906. The zero-order valence-corrected chi connectivity index (χ0v) is 14.2. The van der Waals surface area contributed by atoms with E-state index in [0.29, 0.717) is 24.1 Å². The SMILES string of the molecule is CC(C)(C)NC(=O)c1ccc(C2CC2)c(OCC2CCCO2)n1. The molecule has 1 unspecified atom stereocenters. The number of hydrogen-bond acceptors (Lipinski definition) is 4. The maximum absolute atomic E-state index is 12.3. The summed E-state index contributed by atoms with van der Waals surface area (Å²) in [6.45, 7) is 7.19. The molecule has 5 nitrogen and oxygen atoms in total. The van der Waals surface area contributed by atoms with Gasteiger partial charge in [-0.05, 0) is 58.4 Å². The van der Waals surface area contributed by atoms with Gasteiger partial charge in [0.1, 0.15) is 12.3 Å². The molecular weight excluding hydrogens is 292 g/mol. The van der Waals surface area contributed by atoms with E-state index in [-0.39, 0.29) is 17.6 Å². The van der Waals surface area contributed by atoms with Crippen LogP contribution < -0.4 is 10.1 Å². The van der Waals surface area contributed by atoms with E-state index in [4.69, 9.17) is 9.47 Å². The van der Waals surface area contributed by atoms with Crippen LogP contribution in [0.1, 0.15) is 68.4 Å². The van der Waals surface area contributed by atoms with Gasteiger partial charge in [0, 0.05) is 17.7 Å². The van der Waals surface area contributed by atoms with Crippen LogP contribution in [0.25, 0.3) is 0 Å². The van der Waals surface area contributed by atoms with Gasteiger partial charge in [-0.3, -0.25) is 4.79 Å². The van der Waals surface area contributed by atoms with Crippen molar-refractivity contribution in [2.75, 3.05) is 13.2 Å². The summed E-state index contributed by atoms with van der Waals surface area (Å²) >= 11 is 0. The van der Waals surface area contributed by atoms with Crippen molar-refractivity contribution in [3.8, 4) is 5.88 Å². The molecule has 0 spiro atoms. The Morgan fingerprint density at radius 3 is 2.74 bits per heavy atom. The summed E-state index contributed by atoms with van der Waals surface area (Å²) in [7, 11) is 0. The summed E-state index contributed by atoms with van der Waals surface area (Å²) in [4.78, 5) is 16.8. The number of carbonyl (C=O) groups is 1. The molecule has 126 valence electrons. The molecular formula is C18H26N2O3. The number of amides is 1. The first-order valence-corrected chi connectivity index (χ1v) is 8.50. The molecule has 1 aromatic heterocycles. The highest BCUT2D eigenvalue weighted by molar-refractivity contribution is 5.92. The van der Waals surface area contributed by atoms with Crippen LogP contribution in [-0.2, 0) is 4.74 Å². The number of ether oxygens (including phenoxy) is 2. The van der Waals surface area contributed by atoms with Crippen LogP contribution in [0.15, 0.2) is 12.1 Å². The molecule has 0 radical (unpaired) electrons. The molecule has 1 aliphatic heterocycles. The van der Waals surface area contributed by atoms with Crippen molar-refractivity contribution in [1.29, 1.82) is 0 Å². The highest BCUT2D eigenvalue weighted by atomic mass is 16.5. The van der Waals surface area contributed by atoms with E-state index in [1.165, 1.54) is 12.8 Å². The van der Waals surface area contributed by atoms with Gasteiger partial charge in [0.2, 0.25) is 5.88 Å². The Labute approximate surface area is 137 Å². The van der Waals surface area contributed by atoms with E-state index >= 15 is 0 Å². The van der Waals surface area contributed by atoms with Gasteiger partial charge in [0.25, 0.3) is 5.91 Å². The van der Waals surface area contributed by atoms with Crippen LogP contribution in [0, 0.1) is 0 Å². The number of aromatic nitrogens is 1. The Balaban J connectivity index is 1.74. The molecule has 2 aliphatic rings. The van der Waals surface area contributed by atoms with Crippen LogP contribution in [0.2, 0.25) is 0 Å². The molecule has 2 heterocycles. The normalized spacial score (nSPS) is 21.3. The Kier molecular flexibility index (Phi) is 4.57. The zero-order valence-electron chi connectivity index (χ0n) is 14.2. The van der Waals surface area contributed by atoms with Crippen molar-refractivity contribution in [3.63, 3.8) is 0 Å². The van der Waals surface area contributed by atoms with Crippen molar-refractivity contribution in [2.45, 2.75) is 64.0 Å². The molecule has 1 amide bonds. The van der Waals surface area contributed by atoms with Gasteiger partial charge in [0.15, 0.2) is 0 Å². The molecule has 1 atom stereocenters. The lowest BCUT2D eigenvalue weighted by molar-refractivity contribution is 0.0658. The summed E-state index contributed by atoms with van der Waals surface area (Å²) in [5.41, 5.74) is 1.24. The Bertz CT molecular complexity index is 570. The fourth-order valence-corrected chi connectivity index (χ4v) is 2.75. The standard InChI is InChI=1S/C18H26N2O3/c1-18(2,3)20-16(21)15-9-8-14(12-6-7-12)17(19-15)23-11-13-5-4-10-22-13/h8-9,12-13H,4-7,10-11H2,1-3H3,(H,20,21). The Morgan fingerprint density at radius 1 is 1.35 bits per heavy atom. The van der Waals surface area contributed by atoms with Crippen LogP contribution in [0.5, 0.6) is 5.88 Å². The lowest BCUT2D eigenvalue weighted by Crippen LogP contribution is -2.41. The molecule has 2 fully saturated rings. The average Bonchev–Trinajstić information content (AvgIpc) is 3.19. The second kappa shape index (κ2) is 6.48. The minimum absolute atomic E-state index is 0.149. The van der Waals surface area contributed by atoms with Gasteiger partial charge in [-0.15, -0.1) is 0 Å². The van der Waals surface area contributed by atoms with Gasteiger partial charge < -0.3 is 14.8 Å². The molecule has 0 bridgehead atoms. The van der Waals surface area contributed by atoms with Crippen LogP contribution in [0.4, 0.5) is 0 Å². The smallest absolute Gasteiger partial charge is 0.270 e. The topological polar surface area (TPSA) is 60.5 Å². The molecule has 5 heteroatoms. The largest absolute Gasteiger partial charge is 0.475 e. The third-order valence-electron chi connectivity index (χ3n) is 4.06. The van der Waals surface area contributed by atoms with E-state index in [9.17, 15) is 4.79 Å². The fourth-order valence-electron chi connectivity index (χ4n) is 2.75. The lowest BCUT2D eigenvalue weighted by Gasteiger charge is -2.20. The second-order valence-corrected chi connectivity index (χ2v) is 7.52. The van der Waals surface area contributed by atoms with Crippen molar-refractivity contribution in [3.05, 3.63) is 23.4 Å². The maximum Gasteiger partial charge on any atom is 0.270 e. The first-order chi connectivity index (χ1) is 10.9. The van der Waals surface area contributed by atoms with Gasteiger partial charge in [-0.1, -0.05) is 6.07 Å². The van der Waals surface area contributed by atoms with Gasteiger partial charge in [-0.25, -0.2) is 4.98 Å². The predicted octanol–water partition coefficient (Wildman–Crippen LogP) is 3.05. The lowest BCUT2D eigenvalue weighted by atomic mass is 10.1. The Hall–Kier alpha value is -1.62. The molecule has 0 aromatic carbocycles. The summed E-state index contributed by atoms with van der Waals surface area (Å²) in [6, 6.07) is 3.79. The third kappa shape index (κ3) is 4.44. The minimum Gasteiger partial charge on any atom is -0.475 e. The van der Waals surface area contributed by atoms with Crippen molar-refractivity contribution in [1.82, 2.24) is 10.3 Å². The Morgan fingerprint density at radius 2 is 2.13 bits per heavy atom. The van der Waals surface area contributed by atoms with Crippen LogP contribution in [0.3, 0.4) is 0 Å². The van der Waals surface area contributed by atoms with Gasteiger partial charge in [-0.2, -0.15) is 0 Å². The van der Waals surface area contributed by atoms with E-state index in [2.05, 4.69) is 10.3 Å². The molecule has 23 heavy (non-hydrogen) atoms.